The quantitative estimate of drug-likeness (QED) is 0.0275. The zero-order valence-corrected chi connectivity index (χ0v) is 54.0. The maximum Gasteiger partial charge on any atom is 0.326 e. The molecule has 1 aromatic heterocycles. The van der Waals surface area contributed by atoms with Crippen LogP contribution in [0.2, 0.25) is 0 Å². The summed E-state index contributed by atoms with van der Waals surface area (Å²) in [7, 11) is 0. The molecule has 94 heavy (non-hydrogen) atoms. The van der Waals surface area contributed by atoms with E-state index in [2.05, 4.69) is 63.5 Å². The van der Waals surface area contributed by atoms with Gasteiger partial charge >= 0.3 is 11.9 Å². The van der Waals surface area contributed by atoms with Crippen LogP contribution >= 0.6 is 0 Å². The summed E-state index contributed by atoms with van der Waals surface area (Å²) in [5.74, 6) is -17.7. The predicted octanol–water partition coefficient (Wildman–Crippen LogP) is -6.03. The minimum Gasteiger partial charge on any atom is -0.481 e. The summed E-state index contributed by atoms with van der Waals surface area (Å²) in [6.07, 6.45) is -1.73. The number of nitrogens with one attached hydrogen (secondary N) is 12. The van der Waals surface area contributed by atoms with Crippen molar-refractivity contribution in [2.75, 3.05) is 19.7 Å². The van der Waals surface area contributed by atoms with Crippen LogP contribution in [0.1, 0.15) is 119 Å². The van der Waals surface area contributed by atoms with Gasteiger partial charge < -0.3 is 107 Å². The Hall–Kier alpha value is -9.35. The number of carboxylic acids is 2. The highest BCUT2D eigenvalue weighted by molar-refractivity contribution is 6.00. The van der Waals surface area contributed by atoms with E-state index in [0.717, 1.165) is 6.92 Å². The lowest BCUT2D eigenvalue weighted by Gasteiger charge is -2.30. The van der Waals surface area contributed by atoms with Crippen LogP contribution in [-0.2, 0) is 78.3 Å². The molecule has 0 aliphatic carbocycles. The third-order valence-corrected chi connectivity index (χ3v) is 14.8. The smallest absolute Gasteiger partial charge is 0.326 e. The lowest BCUT2D eigenvalue weighted by molar-refractivity contribution is -0.147. The van der Waals surface area contributed by atoms with E-state index in [1.54, 1.807) is 72.0 Å². The zero-order chi connectivity index (χ0) is 71.3. The monoisotopic (exact) mass is 1330 g/mol. The van der Waals surface area contributed by atoms with Crippen molar-refractivity contribution in [3.8, 4) is 0 Å². The van der Waals surface area contributed by atoms with Gasteiger partial charge in [-0.05, 0) is 81.9 Å². The number of fused-ring (bicyclic) bond motifs is 1. The third kappa shape index (κ3) is 27.5. The van der Waals surface area contributed by atoms with Crippen molar-refractivity contribution >= 4 is 99.6 Å². The maximum absolute atomic E-state index is 14.4. The molecular formula is C59H94N16O19. The Morgan fingerprint density at radius 3 is 1.66 bits per heavy atom. The number of aromatic amines is 1. The molecule has 13 amide bonds. The second-order valence-corrected chi connectivity index (χ2v) is 23.6. The molecule has 35 nitrogen and oxygen atoms in total. The second kappa shape index (κ2) is 39.9. The number of nitrogens with two attached hydrogens (primary N) is 4. The highest BCUT2D eigenvalue weighted by Crippen LogP contribution is 2.20. The van der Waals surface area contributed by atoms with Crippen molar-refractivity contribution in [2.24, 2.45) is 40.7 Å². The number of primary amides is 2. The van der Waals surface area contributed by atoms with Gasteiger partial charge in [0.25, 0.3) is 0 Å². The van der Waals surface area contributed by atoms with Gasteiger partial charge in [0.05, 0.1) is 38.1 Å². The van der Waals surface area contributed by atoms with E-state index >= 15 is 0 Å². The number of carboxylic acid groups (broad SMARTS) is 2. The van der Waals surface area contributed by atoms with Gasteiger partial charge in [-0.1, -0.05) is 66.2 Å². The van der Waals surface area contributed by atoms with Gasteiger partial charge in [0.1, 0.15) is 60.4 Å². The average molecular weight is 1330 g/mol. The molecule has 0 radical (unpaired) electrons. The van der Waals surface area contributed by atoms with Crippen LogP contribution in [0.4, 0.5) is 0 Å². The molecule has 2 aromatic rings. The number of hydrogen-bond donors (Lipinski definition) is 20. The standard InChI is InChI=1S/C59H94N16O19/c1-9-29(6)47(57(91)68-36(16-12-13-19-60)52(86)69-38(21-32-24-64-35-15-11-10-14-33(32)35)53(87)66-30(7)49(83)71-40(59(93)94)23-45(81)82)74-55(89)41(26-76)72-58(92)48(31(8)77)75-54(88)37(20-27(2)3)67-44(80)25-65-51(85)39(22-43(63)79)70-56(90)46(28(4)5)73-50(84)34(61)17-18-42(62)78/h10-11,14-15,24,27-31,34,36-41,46-48,64,76-77H,9,12-13,16-23,25-26,60-61H2,1-8H3,(H2,62,78)(H2,63,79)(H,65,85)(H,66,87)(H,67,80)(H,68,91)(H,69,86)(H,70,90)(H,71,83)(H,72,92)(H,73,84)(H,74,89)(H,75,88)(H,81,82)(H,93,94)/t29-,30-,31+,34-,36-,37-,38-,39-,40-,41-,46-,47-,48-/m0/s1. The summed E-state index contributed by atoms with van der Waals surface area (Å²) in [6, 6.07) is -10.1. The number of carbonyl (C=O) groups is 15. The molecule has 1 aromatic carbocycles. The first-order chi connectivity index (χ1) is 44.0. The first kappa shape index (κ1) is 80.7. The second-order valence-electron chi connectivity index (χ2n) is 23.6. The number of aliphatic hydroxyl groups is 2. The average Bonchev–Trinajstić information content (AvgIpc) is 1.66. The Bertz CT molecular complexity index is 2990. The van der Waals surface area contributed by atoms with E-state index < -0.39 is 199 Å². The number of aliphatic carboxylic acids is 2. The van der Waals surface area contributed by atoms with Crippen LogP contribution in [-0.4, -0.2) is 206 Å². The molecule has 13 atom stereocenters. The fraction of sp³-hybridized carbons (Fsp3) is 0.610. The number of benzene rings is 1. The number of amides is 13. The van der Waals surface area contributed by atoms with Gasteiger partial charge in [-0.15, -0.1) is 0 Å². The molecule has 2 rings (SSSR count). The zero-order valence-electron chi connectivity index (χ0n) is 54.0. The molecule has 0 saturated heterocycles. The minimum absolute atomic E-state index is 0.0689. The number of aliphatic hydroxyl groups excluding tert-OH is 2. The molecule has 1 heterocycles. The fourth-order valence-corrected chi connectivity index (χ4v) is 9.28. The number of hydrogen-bond acceptors (Lipinski definition) is 19. The summed E-state index contributed by atoms with van der Waals surface area (Å²) in [5.41, 5.74) is 23.3. The summed E-state index contributed by atoms with van der Waals surface area (Å²) in [4.78, 5) is 200. The van der Waals surface area contributed by atoms with E-state index in [-0.39, 0.29) is 57.4 Å². The number of rotatable bonds is 43. The van der Waals surface area contributed by atoms with Crippen molar-refractivity contribution in [3.63, 3.8) is 0 Å². The largest absolute Gasteiger partial charge is 0.481 e. The normalized spacial score (nSPS) is 15.4. The van der Waals surface area contributed by atoms with Crippen molar-refractivity contribution in [1.82, 2.24) is 63.5 Å². The van der Waals surface area contributed by atoms with Crippen molar-refractivity contribution in [1.29, 1.82) is 0 Å². The van der Waals surface area contributed by atoms with Crippen LogP contribution in [0.15, 0.2) is 30.5 Å². The van der Waals surface area contributed by atoms with Crippen LogP contribution in [0.5, 0.6) is 0 Å². The molecule has 0 aliphatic rings. The topological polar surface area (TPSA) is 589 Å². The first-order valence-electron chi connectivity index (χ1n) is 30.7. The van der Waals surface area contributed by atoms with Gasteiger partial charge in [-0.3, -0.25) is 67.1 Å². The molecule has 24 N–H and O–H groups in total. The van der Waals surface area contributed by atoms with Gasteiger partial charge in [0.2, 0.25) is 76.8 Å². The highest BCUT2D eigenvalue weighted by atomic mass is 16.4. The Labute approximate surface area is 542 Å². The predicted molar refractivity (Wildman–Crippen MR) is 336 cm³/mol. The van der Waals surface area contributed by atoms with Crippen LogP contribution in [0.3, 0.4) is 0 Å². The summed E-state index contributed by atoms with van der Waals surface area (Å²) >= 11 is 0. The molecule has 0 spiro atoms. The number of H-pyrrole nitrogens is 1. The number of aromatic nitrogens is 1. The van der Waals surface area contributed by atoms with E-state index in [4.69, 9.17) is 28.0 Å². The Morgan fingerprint density at radius 2 is 1.10 bits per heavy atom. The molecule has 0 fully saturated rings. The first-order valence-corrected chi connectivity index (χ1v) is 30.7. The van der Waals surface area contributed by atoms with Crippen molar-refractivity contribution in [2.45, 2.75) is 192 Å². The number of para-hydroxylation sites is 1. The van der Waals surface area contributed by atoms with Crippen molar-refractivity contribution in [3.05, 3.63) is 36.0 Å². The van der Waals surface area contributed by atoms with Gasteiger partial charge in [0.15, 0.2) is 0 Å². The summed E-state index contributed by atoms with van der Waals surface area (Å²) in [6.45, 7) is 10.2. The number of unbranched alkanes of at least 4 members (excludes halogenated alkanes) is 1. The lowest BCUT2D eigenvalue weighted by Crippen LogP contribution is -2.62. The van der Waals surface area contributed by atoms with Crippen LogP contribution in [0, 0.1) is 17.8 Å². The fourth-order valence-electron chi connectivity index (χ4n) is 9.28. The van der Waals surface area contributed by atoms with Gasteiger partial charge in [-0.2, -0.15) is 0 Å². The summed E-state index contributed by atoms with van der Waals surface area (Å²) < 4.78 is 0. The maximum atomic E-state index is 14.4. The number of carbonyl (C=O) groups excluding carboxylic acids is 13. The Balaban J connectivity index is 2.33. The Morgan fingerprint density at radius 1 is 0.553 bits per heavy atom. The van der Waals surface area contributed by atoms with E-state index in [0.29, 0.717) is 22.9 Å². The van der Waals surface area contributed by atoms with E-state index in [9.17, 15) is 87.2 Å². The molecule has 0 bridgehead atoms. The van der Waals surface area contributed by atoms with E-state index in [1.165, 1.54) is 6.92 Å². The third-order valence-electron chi connectivity index (χ3n) is 14.8. The molecule has 0 unspecified atom stereocenters. The molecule has 524 valence electrons. The molecule has 0 aliphatic heterocycles. The Kier molecular flexibility index (Phi) is 34.3. The van der Waals surface area contributed by atoms with Crippen LogP contribution in [0.25, 0.3) is 10.9 Å². The molecule has 0 saturated carbocycles. The highest BCUT2D eigenvalue weighted by Gasteiger charge is 2.38. The molecule has 35 heteroatoms. The van der Waals surface area contributed by atoms with Crippen molar-refractivity contribution < 1.29 is 92.3 Å². The minimum atomic E-state index is -1.87. The van der Waals surface area contributed by atoms with Gasteiger partial charge in [-0.25, -0.2) is 4.79 Å². The van der Waals surface area contributed by atoms with Crippen LogP contribution < -0.4 is 81.4 Å². The SMILES string of the molecule is CC[C@H](C)[C@H](NC(=O)[C@H](CO)NC(=O)[C@@H](NC(=O)[C@H](CC(C)C)NC(=O)CNC(=O)[C@H](CC(N)=O)NC(=O)[C@@H](NC(=O)[C@@H](N)CCC(N)=O)C(C)C)[C@@H](C)O)C(=O)N[C@@H](CCCCN)C(=O)N[C@@H](Cc1c[nH]c2ccccc12)C(=O)N[C@@H](C)C(=O)N[C@@H](CC(=O)O)C(=O)O. The molecular weight excluding hydrogens is 1240 g/mol. The van der Waals surface area contributed by atoms with E-state index in [1.807, 2.05) is 0 Å². The van der Waals surface area contributed by atoms with Gasteiger partial charge in [0, 0.05) is 29.9 Å². The summed E-state index contributed by atoms with van der Waals surface area (Å²) in [5, 5.41) is 66.8. The lowest BCUT2D eigenvalue weighted by atomic mass is 9.96.